The Morgan fingerprint density at radius 3 is 2.53 bits per heavy atom. The molecular formula is C11H15NO4S. The minimum atomic E-state index is -4.10. The third kappa shape index (κ3) is 2.66. The van der Waals surface area contributed by atoms with Gasteiger partial charge in [-0.1, -0.05) is 37.3 Å². The zero-order valence-corrected chi connectivity index (χ0v) is 10.3. The lowest BCUT2D eigenvalue weighted by molar-refractivity contribution is -0.150. The molecule has 1 saturated heterocycles. The highest BCUT2D eigenvalue weighted by Gasteiger charge is 2.40. The lowest BCUT2D eigenvalue weighted by Crippen LogP contribution is -2.34. The molecule has 0 amide bonds. The lowest BCUT2D eigenvalue weighted by atomic mass is 10.1. The Bertz CT molecular complexity index is 474. The van der Waals surface area contributed by atoms with Crippen molar-refractivity contribution in [2.45, 2.75) is 24.8 Å². The summed E-state index contributed by atoms with van der Waals surface area (Å²) in [7, 11) is -4.10. The van der Waals surface area contributed by atoms with Crippen LogP contribution < -0.4 is 0 Å². The number of hydrogen-bond acceptors (Lipinski definition) is 4. The summed E-state index contributed by atoms with van der Waals surface area (Å²) in [6.07, 6.45) is -0.0699. The molecule has 1 heterocycles. The molecule has 2 atom stereocenters. The fourth-order valence-corrected chi connectivity index (χ4v) is 2.90. The van der Waals surface area contributed by atoms with E-state index in [2.05, 4.69) is 0 Å². The Morgan fingerprint density at radius 1 is 1.41 bits per heavy atom. The fraction of sp³-hybridized carbons (Fsp3) is 0.455. The van der Waals surface area contributed by atoms with Gasteiger partial charge in [0.05, 0.1) is 0 Å². The van der Waals surface area contributed by atoms with Gasteiger partial charge in [-0.2, -0.15) is 13.5 Å². The Labute approximate surface area is 101 Å². The maximum absolute atomic E-state index is 11.2. The van der Waals surface area contributed by atoms with Gasteiger partial charge in [-0.05, 0) is 5.56 Å². The maximum atomic E-state index is 11.2. The highest BCUT2D eigenvalue weighted by molar-refractivity contribution is 7.86. The van der Waals surface area contributed by atoms with Crippen LogP contribution in [0.1, 0.15) is 25.0 Å². The van der Waals surface area contributed by atoms with Crippen molar-refractivity contribution in [2.24, 2.45) is 0 Å². The Hall–Kier alpha value is -0.950. The highest BCUT2D eigenvalue weighted by Crippen LogP contribution is 2.34. The third-order valence-corrected chi connectivity index (χ3v) is 3.94. The fourth-order valence-electron chi connectivity index (χ4n) is 1.99. The van der Waals surface area contributed by atoms with Crippen LogP contribution in [0.5, 0.6) is 0 Å². The molecule has 1 aliphatic heterocycles. The van der Waals surface area contributed by atoms with Crippen molar-refractivity contribution in [3.63, 3.8) is 0 Å². The molecule has 2 rings (SSSR count). The molecule has 1 fully saturated rings. The average Bonchev–Trinajstić information content (AvgIpc) is 2.74. The number of benzene rings is 1. The molecular weight excluding hydrogens is 242 g/mol. The van der Waals surface area contributed by atoms with Crippen LogP contribution in [-0.2, 0) is 15.0 Å². The van der Waals surface area contributed by atoms with Crippen molar-refractivity contribution in [3.05, 3.63) is 35.9 Å². The van der Waals surface area contributed by atoms with E-state index in [1.807, 2.05) is 30.3 Å². The van der Waals surface area contributed by atoms with Crippen LogP contribution in [0.25, 0.3) is 0 Å². The first-order valence-electron chi connectivity index (χ1n) is 5.47. The Kier molecular flexibility index (Phi) is 3.48. The topological polar surface area (TPSA) is 66.8 Å². The molecule has 0 saturated carbocycles. The summed E-state index contributed by atoms with van der Waals surface area (Å²) >= 11 is 0. The van der Waals surface area contributed by atoms with Crippen LogP contribution in [0.3, 0.4) is 0 Å². The summed E-state index contributed by atoms with van der Waals surface area (Å²) in [6.45, 7) is 2.19. The molecule has 0 aliphatic carbocycles. The standard InChI is InChI=1S/C11H15NO4S/c1-2-12-11(17(13,14)15)8-10(16-12)9-6-4-3-5-7-9/h3-7,10-11H,2,8H2,1H3,(H,13,14,15). The van der Waals surface area contributed by atoms with Crippen molar-refractivity contribution < 1.29 is 17.8 Å². The SMILES string of the molecule is CCN1OC(c2ccccc2)CC1S(=O)(=O)O. The van der Waals surface area contributed by atoms with Crippen LogP contribution in [0.2, 0.25) is 0 Å². The molecule has 0 spiro atoms. The smallest absolute Gasteiger partial charge is 0.283 e. The second-order valence-electron chi connectivity index (χ2n) is 3.94. The van der Waals surface area contributed by atoms with Crippen molar-refractivity contribution >= 4 is 10.1 Å². The zero-order chi connectivity index (χ0) is 12.5. The van der Waals surface area contributed by atoms with Gasteiger partial charge in [-0.3, -0.25) is 9.39 Å². The van der Waals surface area contributed by atoms with Gasteiger partial charge in [0.2, 0.25) is 0 Å². The molecule has 0 bridgehead atoms. The Balaban J connectivity index is 2.21. The third-order valence-electron chi connectivity index (χ3n) is 2.83. The summed E-state index contributed by atoms with van der Waals surface area (Å²) in [5.74, 6) is 0. The minimum Gasteiger partial charge on any atom is -0.289 e. The van der Waals surface area contributed by atoms with E-state index in [0.29, 0.717) is 6.54 Å². The van der Waals surface area contributed by atoms with Gasteiger partial charge in [-0.25, -0.2) is 0 Å². The molecule has 1 aromatic carbocycles. The lowest BCUT2D eigenvalue weighted by Gasteiger charge is -2.17. The molecule has 94 valence electrons. The largest absolute Gasteiger partial charge is 0.289 e. The van der Waals surface area contributed by atoms with Crippen LogP contribution in [0, 0.1) is 0 Å². The first-order chi connectivity index (χ1) is 8.02. The zero-order valence-electron chi connectivity index (χ0n) is 9.48. The monoisotopic (exact) mass is 257 g/mol. The van der Waals surface area contributed by atoms with Crippen molar-refractivity contribution in [2.75, 3.05) is 6.54 Å². The first-order valence-corrected chi connectivity index (χ1v) is 6.97. The van der Waals surface area contributed by atoms with Crippen molar-refractivity contribution in [1.29, 1.82) is 0 Å². The molecule has 17 heavy (non-hydrogen) atoms. The van der Waals surface area contributed by atoms with E-state index in [1.165, 1.54) is 5.06 Å². The Morgan fingerprint density at radius 2 is 2.06 bits per heavy atom. The van der Waals surface area contributed by atoms with Gasteiger partial charge >= 0.3 is 0 Å². The minimum absolute atomic E-state index is 0.247. The molecule has 0 radical (unpaired) electrons. The van der Waals surface area contributed by atoms with E-state index in [4.69, 9.17) is 9.39 Å². The quantitative estimate of drug-likeness (QED) is 0.833. The molecule has 5 nitrogen and oxygen atoms in total. The average molecular weight is 257 g/mol. The summed E-state index contributed by atoms with van der Waals surface area (Å²) in [4.78, 5) is 5.53. The van der Waals surface area contributed by atoms with Gasteiger partial charge in [0.25, 0.3) is 10.1 Å². The van der Waals surface area contributed by atoms with Crippen LogP contribution >= 0.6 is 0 Å². The summed E-state index contributed by atoms with van der Waals surface area (Å²) in [5, 5.41) is 0.338. The van der Waals surface area contributed by atoms with E-state index in [0.717, 1.165) is 5.56 Å². The van der Waals surface area contributed by atoms with Gasteiger partial charge in [0.1, 0.15) is 6.10 Å². The molecule has 1 aromatic rings. The predicted molar refractivity (Wildman–Crippen MR) is 62.6 cm³/mol. The van der Waals surface area contributed by atoms with Crippen molar-refractivity contribution in [3.8, 4) is 0 Å². The summed E-state index contributed by atoms with van der Waals surface area (Å²) < 4.78 is 31.6. The molecule has 1 N–H and O–H groups in total. The highest BCUT2D eigenvalue weighted by atomic mass is 32.2. The summed E-state index contributed by atoms with van der Waals surface area (Å²) in [6, 6.07) is 9.39. The van der Waals surface area contributed by atoms with E-state index in [1.54, 1.807) is 6.92 Å². The van der Waals surface area contributed by atoms with Gasteiger partial charge in [0, 0.05) is 13.0 Å². The number of hydroxylamine groups is 2. The van der Waals surface area contributed by atoms with Gasteiger partial charge in [0.15, 0.2) is 5.37 Å². The van der Waals surface area contributed by atoms with E-state index < -0.39 is 15.5 Å². The molecule has 2 unspecified atom stereocenters. The molecule has 1 aliphatic rings. The van der Waals surface area contributed by atoms with Crippen LogP contribution in [0.4, 0.5) is 0 Å². The number of hydrogen-bond donors (Lipinski definition) is 1. The van der Waals surface area contributed by atoms with E-state index in [9.17, 15) is 8.42 Å². The number of nitrogens with zero attached hydrogens (tertiary/aromatic N) is 1. The summed E-state index contributed by atoms with van der Waals surface area (Å²) in [5.41, 5.74) is 0.914. The first kappa shape index (κ1) is 12.5. The van der Waals surface area contributed by atoms with Gasteiger partial charge in [-0.15, -0.1) is 0 Å². The van der Waals surface area contributed by atoms with Crippen LogP contribution in [0.15, 0.2) is 30.3 Å². The van der Waals surface area contributed by atoms with E-state index >= 15 is 0 Å². The maximum Gasteiger partial charge on any atom is 0.283 e. The van der Waals surface area contributed by atoms with Gasteiger partial charge < -0.3 is 0 Å². The van der Waals surface area contributed by atoms with E-state index in [-0.39, 0.29) is 12.5 Å². The van der Waals surface area contributed by atoms with Crippen LogP contribution in [-0.4, -0.2) is 30.0 Å². The molecule has 6 heteroatoms. The second kappa shape index (κ2) is 4.73. The second-order valence-corrected chi connectivity index (χ2v) is 5.52. The van der Waals surface area contributed by atoms with Crippen molar-refractivity contribution in [1.82, 2.24) is 5.06 Å². The normalized spacial score (nSPS) is 26.2. The number of rotatable bonds is 3. The predicted octanol–water partition coefficient (Wildman–Crippen LogP) is 1.60. The molecule has 0 aromatic heterocycles.